The lowest BCUT2D eigenvalue weighted by molar-refractivity contribution is 0.416. The Kier molecular flexibility index (Phi) is 4.19. The first-order valence-corrected chi connectivity index (χ1v) is 7.78. The number of benzene rings is 1. The van der Waals surface area contributed by atoms with Crippen LogP contribution in [-0.2, 0) is 16.6 Å². The fraction of sp³-hybridized carbons (Fsp3) is 0.308. The van der Waals surface area contributed by atoms with Crippen LogP contribution in [0.2, 0.25) is 0 Å². The topological polar surface area (TPSA) is 110 Å². The number of nitrogens with one attached hydrogen (secondary N) is 2. The van der Waals surface area contributed by atoms with Crippen LogP contribution in [0.15, 0.2) is 23.1 Å². The summed E-state index contributed by atoms with van der Waals surface area (Å²) in [6.07, 6.45) is 0. The summed E-state index contributed by atoms with van der Waals surface area (Å²) in [5.41, 5.74) is 7.67. The van der Waals surface area contributed by atoms with E-state index in [4.69, 9.17) is 10.5 Å². The maximum absolute atomic E-state index is 12.5. The molecule has 1 heterocycles. The van der Waals surface area contributed by atoms with Gasteiger partial charge >= 0.3 is 0 Å². The van der Waals surface area contributed by atoms with Crippen molar-refractivity contribution in [1.29, 1.82) is 0 Å². The standard InChI is InChI=1S/C13H18N4O3S/c1-8-13(9(2)16-15-8)21(18,19)17-11-5-4-10(7-14)6-12(11)20-3/h4-6,17H,7,14H2,1-3H3,(H,15,16). The monoisotopic (exact) mass is 310 g/mol. The fourth-order valence-electron chi connectivity index (χ4n) is 2.08. The van der Waals surface area contributed by atoms with E-state index in [2.05, 4.69) is 14.9 Å². The van der Waals surface area contributed by atoms with Gasteiger partial charge in [0.15, 0.2) is 0 Å². The zero-order valence-electron chi connectivity index (χ0n) is 12.1. The number of nitrogens with two attached hydrogens (primary N) is 1. The van der Waals surface area contributed by atoms with Crippen molar-refractivity contribution in [3.63, 3.8) is 0 Å². The average molecular weight is 310 g/mol. The van der Waals surface area contributed by atoms with E-state index in [1.54, 1.807) is 32.0 Å². The fourth-order valence-corrected chi connectivity index (χ4v) is 3.52. The van der Waals surface area contributed by atoms with Crippen LogP contribution in [-0.4, -0.2) is 25.7 Å². The van der Waals surface area contributed by atoms with Crippen molar-refractivity contribution in [1.82, 2.24) is 10.2 Å². The molecule has 1 aromatic carbocycles. The molecule has 0 radical (unpaired) electrons. The highest BCUT2D eigenvalue weighted by molar-refractivity contribution is 7.92. The number of ether oxygens (including phenoxy) is 1. The number of sulfonamides is 1. The molecular formula is C13H18N4O3S. The molecule has 4 N–H and O–H groups in total. The zero-order chi connectivity index (χ0) is 15.6. The van der Waals surface area contributed by atoms with E-state index >= 15 is 0 Å². The summed E-state index contributed by atoms with van der Waals surface area (Å²) in [4.78, 5) is 0.146. The van der Waals surface area contributed by atoms with Crippen LogP contribution < -0.4 is 15.2 Å². The third-order valence-electron chi connectivity index (χ3n) is 3.08. The molecule has 0 saturated heterocycles. The first kappa shape index (κ1) is 15.3. The van der Waals surface area contributed by atoms with Crippen molar-refractivity contribution in [2.45, 2.75) is 25.3 Å². The second-order valence-corrected chi connectivity index (χ2v) is 6.23. The molecule has 0 amide bonds. The number of hydrogen-bond acceptors (Lipinski definition) is 5. The molecule has 2 aromatic rings. The van der Waals surface area contributed by atoms with Gasteiger partial charge in [0.05, 0.1) is 24.2 Å². The lowest BCUT2D eigenvalue weighted by Crippen LogP contribution is -2.15. The Morgan fingerprint density at radius 3 is 2.62 bits per heavy atom. The molecular weight excluding hydrogens is 292 g/mol. The molecule has 1 aromatic heterocycles. The van der Waals surface area contributed by atoms with Crippen LogP contribution in [0, 0.1) is 13.8 Å². The minimum atomic E-state index is -3.74. The van der Waals surface area contributed by atoms with E-state index < -0.39 is 10.0 Å². The number of aromatic nitrogens is 2. The van der Waals surface area contributed by atoms with Crippen LogP contribution in [0.1, 0.15) is 17.0 Å². The summed E-state index contributed by atoms with van der Waals surface area (Å²) in [6, 6.07) is 5.08. The second kappa shape index (κ2) is 5.74. The third-order valence-corrected chi connectivity index (χ3v) is 4.70. The third kappa shape index (κ3) is 3.01. The van der Waals surface area contributed by atoms with Crippen molar-refractivity contribution >= 4 is 15.7 Å². The number of aryl methyl sites for hydroxylation is 2. The molecule has 0 aliphatic rings. The Morgan fingerprint density at radius 1 is 1.38 bits per heavy atom. The Labute approximate surface area is 123 Å². The van der Waals surface area contributed by atoms with Crippen molar-refractivity contribution < 1.29 is 13.2 Å². The Morgan fingerprint density at radius 2 is 2.10 bits per heavy atom. The SMILES string of the molecule is COc1cc(CN)ccc1NS(=O)(=O)c1c(C)n[nH]c1C. The molecule has 114 valence electrons. The lowest BCUT2D eigenvalue weighted by atomic mass is 10.2. The lowest BCUT2D eigenvalue weighted by Gasteiger charge is -2.13. The minimum Gasteiger partial charge on any atom is -0.495 e. The Hall–Kier alpha value is -2.06. The highest BCUT2D eigenvalue weighted by Crippen LogP contribution is 2.29. The summed E-state index contributed by atoms with van der Waals surface area (Å²) >= 11 is 0. The largest absolute Gasteiger partial charge is 0.495 e. The van der Waals surface area contributed by atoms with E-state index in [0.717, 1.165) is 5.56 Å². The number of anilines is 1. The van der Waals surface area contributed by atoms with E-state index in [1.807, 2.05) is 0 Å². The number of H-pyrrole nitrogens is 1. The quantitative estimate of drug-likeness (QED) is 0.771. The summed E-state index contributed by atoms with van der Waals surface area (Å²) in [6.45, 7) is 3.64. The number of aromatic amines is 1. The van der Waals surface area contributed by atoms with Gasteiger partial charge in [0.25, 0.3) is 10.0 Å². The van der Waals surface area contributed by atoms with Crippen LogP contribution in [0.4, 0.5) is 5.69 Å². The first-order chi connectivity index (χ1) is 9.89. The van der Waals surface area contributed by atoms with Crippen molar-refractivity contribution in [3.8, 4) is 5.75 Å². The van der Waals surface area contributed by atoms with Crippen molar-refractivity contribution in [2.24, 2.45) is 5.73 Å². The van der Waals surface area contributed by atoms with Crippen LogP contribution in [0.25, 0.3) is 0 Å². The van der Waals surface area contributed by atoms with E-state index in [-0.39, 0.29) is 4.90 Å². The average Bonchev–Trinajstić information content (AvgIpc) is 2.78. The van der Waals surface area contributed by atoms with Crippen LogP contribution in [0.5, 0.6) is 5.75 Å². The summed E-state index contributed by atoms with van der Waals surface area (Å²) in [5, 5.41) is 6.56. The molecule has 0 unspecified atom stereocenters. The minimum absolute atomic E-state index is 0.146. The number of hydrogen-bond donors (Lipinski definition) is 3. The van der Waals surface area contributed by atoms with Gasteiger partial charge in [0.2, 0.25) is 0 Å². The molecule has 21 heavy (non-hydrogen) atoms. The number of nitrogens with zero attached hydrogens (tertiary/aromatic N) is 1. The highest BCUT2D eigenvalue weighted by atomic mass is 32.2. The molecule has 0 spiro atoms. The molecule has 0 fully saturated rings. The van der Waals surface area contributed by atoms with Crippen molar-refractivity contribution in [3.05, 3.63) is 35.2 Å². The van der Waals surface area contributed by atoms with Gasteiger partial charge < -0.3 is 10.5 Å². The van der Waals surface area contributed by atoms with Crippen LogP contribution in [0.3, 0.4) is 0 Å². The van der Waals surface area contributed by atoms with Crippen molar-refractivity contribution in [2.75, 3.05) is 11.8 Å². The van der Waals surface area contributed by atoms with Gasteiger partial charge in [-0.05, 0) is 31.5 Å². The van der Waals surface area contributed by atoms with E-state index in [9.17, 15) is 8.42 Å². The summed E-state index contributed by atoms with van der Waals surface area (Å²) < 4.78 is 32.7. The predicted molar refractivity (Wildman–Crippen MR) is 79.8 cm³/mol. The van der Waals surface area contributed by atoms with Gasteiger partial charge in [-0.1, -0.05) is 6.07 Å². The smallest absolute Gasteiger partial charge is 0.265 e. The van der Waals surface area contributed by atoms with E-state index in [1.165, 1.54) is 7.11 Å². The molecule has 0 aliphatic carbocycles. The van der Waals surface area contributed by atoms with Gasteiger partial charge in [-0.3, -0.25) is 9.82 Å². The number of rotatable bonds is 5. The summed E-state index contributed by atoms with van der Waals surface area (Å²) in [7, 11) is -2.26. The Bertz CT molecular complexity index is 733. The molecule has 8 heteroatoms. The molecule has 0 bridgehead atoms. The zero-order valence-corrected chi connectivity index (χ0v) is 12.9. The van der Waals surface area contributed by atoms with Gasteiger partial charge in [0, 0.05) is 6.54 Å². The Balaban J connectivity index is 2.42. The maximum Gasteiger partial charge on any atom is 0.265 e. The highest BCUT2D eigenvalue weighted by Gasteiger charge is 2.23. The summed E-state index contributed by atoms with van der Waals surface area (Å²) in [5.74, 6) is 0.417. The van der Waals surface area contributed by atoms with Gasteiger partial charge in [0.1, 0.15) is 10.6 Å². The molecule has 0 atom stereocenters. The van der Waals surface area contributed by atoms with Gasteiger partial charge in [-0.2, -0.15) is 5.10 Å². The maximum atomic E-state index is 12.5. The second-order valence-electron chi connectivity index (χ2n) is 4.61. The number of methoxy groups -OCH3 is 1. The first-order valence-electron chi connectivity index (χ1n) is 6.30. The molecule has 7 nitrogen and oxygen atoms in total. The van der Waals surface area contributed by atoms with Gasteiger partial charge in [-0.25, -0.2) is 8.42 Å². The van der Waals surface area contributed by atoms with Crippen LogP contribution >= 0.6 is 0 Å². The molecule has 0 saturated carbocycles. The van der Waals surface area contributed by atoms with Gasteiger partial charge in [-0.15, -0.1) is 0 Å². The normalized spacial score (nSPS) is 11.4. The molecule has 2 rings (SSSR count). The predicted octanol–water partition coefficient (Wildman–Crippen LogP) is 1.29. The van der Waals surface area contributed by atoms with E-state index in [0.29, 0.717) is 29.4 Å². The molecule has 0 aliphatic heterocycles.